The topological polar surface area (TPSA) is 124 Å². The molecule has 0 unspecified atom stereocenters. The van der Waals surface area contributed by atoms with Gasteiger partial charge in [-0.3, -0.25) is 10.1 Å². The first-order valence-corrected chi connectivity index (χ1v) is 23.6. The highest BCUT2D eigenvalue weighted by atomic mass is 32.2. The summed E-state index contributed by atoms with van der Waals surface area (Å²) < 4.78 is 65.6. The molecule has 3 atom stereocenters. The fourth-order valence-corrected chi connectivity index (χ4v) is 11.6. The molecule has 0 radical (unpaired) electrons. The third-order valence-electron chi connectivity index (χ3n) is 10.1. The largest absolute Gasteiger partial charge is 0.399 e. The molecule has 1 aliphatic rings. The number of nitro groups is 1. The maximum absolute atomic E-state index is 14.5. The molecular formula is C36H58N2O7S2Si. The van der Waals surface area contributed by atoms with Crippen LogP contribution in [0, 0.1) is 17.0 Å². The van der Waals surface area contributed by atoms with Crippen LogP contribution in [0.1, 0.15) is 117 Å². The highest BCUT2D eigenvalue weighted by Gasteiger charge is 2.63. The van der Waals surface area contributed by atoms with E-state index < -0.39 is 61.2 Å². The van der Waals surface area contributed by atoms with Crippen LogP contribution in [0.5, 0.6) is 0 Å². The van der Waals surface area contributed by atoms with E-state index in [-0.39, 0.29) is 9.93 Å². The third kappa shape index (κ3) is 9.77. The average Bonchev–Trinajstić information content (AvgIpc) is 2.99. The first-order chi connectivity index (χ1) is 22.5. The van der Waals surface area contributed by atoms with Crippen LogP contribution < -0.4 is 0 Å². The molecule has 3 rings (SSSR count). The predicted molar refractivity (Wildman–Crippen MR) is 196 cm³/mol. The van der Waals surface area contributed by atoms with Gasteiger partial charge in [0.05, 0.1) is 9.82 Å². The highest BCUT2D eigenvalue weighted by molar-refractivity contribution is 7.93. The van der Waals surface area contributed by atoms with E-state index in [9.17, 15) is 26.9 Å². The van der Waals surface area contributed by atoms with Gasteiger partial charge in [0.1, 0.15) is 16.4 Å². The Balaban J connectivity index is 1.92. The van der Waals surface area contributed by atoms with Crippen molar-refractivity contribution in [3.8, 4) is 0 Å². The molecule has 0 bridgehead atoms. The first-order valence-electron chi connectivity index (χ1n) is 17.7. The second kappa shape index (κ2) is 17.2. The molecule has 0 saturated carbocycles. The number of hydrogen-bond donors (Lipinski definition) is 0. The molecule has 0 aromatic heterocycles. The van der Waals surface area contributed by atoms with Gasteiger partial charge in [0.2, 0.25) is 10.0 Å². The van der Waals surface area contributed by atoms with Crippen LogP contribution >= 0.6 is 0 Å². The summed E-state index contributed by atoms with van der Waals surface area (Å²) in [7, 11) is -11.3. The lowest BCUT2D eigenvalue weighted by molar-refractivity contribution is -0.387. The van der Waals surface area contributed by atoms with E-state index >= 15 is 0 Å². The monoisotopic (exact) mass is 722 g/mol. The highest BCUT2D eigenvalue weighted by Crippen LogP contribution is 2.47. The molecule has 0 amide bonds. The summed E-state index contributed by atoms with van der Waals surface area (Å²) in [5.74, 6) is 0. The van der Waals surface area contributed by atoms with E-state index in [0.717, 1.165) is 31.2 Å². The summed E-state index contributed by atoms with van der Waals surface area (Å²) in [5, 5.41) is 10.3. The van der Waals surface area contributed by atoms with Crippen molar-refractivity contribution in [2.45, 2.75) is 164 Å². The Morgan fingerprint density at radius 1 is 0.812 bits per heavy atom. The van der Waals surface area contributed by atoms with Gasteiger partial charge in [0.15, 0.2) is 18.2 Å². The second-order valence-electron chi connectivity index (χ2n) is 14.9. The third-order valence-corrected chi connectivity index (χ3v) is 18.7. The van der Waals surface area contributed by atoms with Crippen LogP contribution in [-0.2, 0) is 24.3 Å². The molecule has 0 N–H and O–H groups in total. The SMILES string of the molecule is CCCCCCCCCCCCCC[C@@H]1[C@@H](S(=O)(=O)c2ccccc2[N+](=O)[O-])[C@H](O[Si](C)(C)C(C)(C)C)N1S(=O)(=O)c1ccc(C)cc1. The Kier molecular flexibility index (Phi) is 14.4. The van der Waals surface area contributed by atoms with Crippen LogP contribution in [0.15, 0.2) is 58.3 Å². The van der Waals surface area contributed by atoms with Gasteiger partial charge in [-0.25, -0.2) is 16.8 Å². The van der Waals surface area contributed by atoms with Gasteiger partial charge in [-0.1, -0.05) is 135 Å². The number of para-hydroxylation sites is 1. The fraction of sp³-hybridized carbons (Fsp3) is 0.667. The number of sulfone groups is 1. The van der Waals surface area contributed by atoms with Crippen molar-refractivity contribution in [1.82, 2.24) is 4.31 Å². The van der Waals surface area contributed by atoms with Crippen molar-refractivity contribution in [3.63, 3.8) is 0 Å². The molecule has 12 heteroatoms. The molecule has 0 spiro atoms. The second-order valence-corrected chi connectivity index (χ2v) is 23.6. The van der Waals surface area contributed by atoms with E-state index in [4.69, 9.17) is 4.43 Å². The van der Waals surface area contributed by atoms with Crippen LogP contribution in [-0.4, -0.2) is 51.9 Å². The van der Waals surface area contributed by atoms with Gasteiger partial charge in [0.25, 0.3) is 5.69 Å². The van der Waals surface area contributed by atoms with E-state index in [2.05, 4.69) is 6.92 Å². The van der Waals surface area contributed by atoms with Gasteiger partial charge < -0.3 is 4.43 Å². The van der Waals surface area contributed by atoms with Crippen LogP contribution in [0.3, 0.4) is 0 Å². The molecule has 2 aromatic carbocycles. The van der Waals surface area contributed by atoms with Crippen LogP contribution in [0.4, 0.5) is 5.69 Å². The Morgan fingerprint density at radius 3 is 1.81 bits per heavy atom. The van der Waals surface area contributed by atoms with Crippen molar-refractivity contribution < 1.29 is 26.2 Å². The zero-order valence-electron chi connectivity index (χ0n) is 30.1. The van der Waals surface area contributed by atoms with E-state index in [1.54, 1.807) is 24.3 Å². The summed E-state index contributed by atoms with van der Waals surface area (Å²) in [5.41, 5.74) is 0.379. The summed E-state index contributed by atoms with van der Waals surface area (Å²) in [6.45, 7) is 14.0. The quantitative estimate of drug-likeness (QED) is 0.0577. The van der Waals surface area contributed by atoms with Gasteiger partial charge in [-0.15, -0.1) is 0 Å². The Labute approximate surface area is 291 Å². The number of nitro benzene ring substituents is 1. The van der Waals surface area contributed by atoms with Gasteiger partial charge in [0, 0.05) is 12.1 Å². The number of aryl methyl sites for hydroxylation is 1. The van der Waals surface area contributed by atoms with Gasteiger partial charge in [-0.2, -0.15) is 4.31 Å². The number of nitrogens with zero attached hydrogens (tertiary/aromatic N) is 2. The summed E-state index contributed by atoms with van der Waals surface area (Å²) >= 11 is 0. The minimum atomic E-state index is -4.39. The van der Waals surface area contributed by atoms with Crippen LogP contribution in [0.2, 0.25) is 18.1 Å². The zero-order chi connectivity index (χ0) is 35.8. The molecule has 48 heavy (non-hydrogen) atoms. The van der Waals surface area contributed by atoms with Gasteiger partial charge in [-0.05, 0) is 49.7 Å². The summed E-state index contributed by atoms with van der Waals surface area (Å²) in [6.07, 6.45) is 12.6. The number of unbranched alkanes of at least 4 members (excludes halogenated alkanes) is 11. The normalized spacial score (nSPS) is 19.3. The number of hydrogen-bond acceptors (Lipinski definition) is 7. The lowest BCUT2D eigenvalue weighted by atomic mass is 9.96. The molecule has 270 valence electrons. The lowest BCUT2D eigenvalue weighted by Crippen LogP contribution is -2.74. The van der Waals surface area contributed by atoms with Crippen LogP contribution in [0.25, 0.3) is 0 Å². The predicted octanol–water partition coefficient (Wildman–Crippen LogP) is 9.56. The van der Waals surface area contributed by atoms with Gasteiger partial charge >= 0.3 is 0 Å². The Morgan fingerprint density at radius 2 is 1.31 bits per heavy atom. The van der Waals surface area contributed by atoms with Crippen molar-refractivity contribution in [2.75, 3.05) is 0 Å². The number of sulfonamides is 1. The van der Waals surface area contributed by atoms with Crippen molar-refractivity contribution >= 4 is 33.9 Å². The molecule has 2 aromatic rings. The fourth-order valence-electron chi connectivity index (χ4n) is 6.15. The van der Waals surface area contributed by atoms with Crippen molar-refractivity contribution in [2.24, 2.45) is 0 Å². The maximum atomic E-state index is 14.5. The molecule has 0 aliphatic carbocycles. The average molecular weight is 723 g/mol. The zero-order valence-corrected chi connectivity index (χ0v) is 32.7. The molecule has 1 aliphatic heterocycles. The van der Waals surface area contributed by atoms with Crippen molar-refractivity contribution in [3.05, 3.63) is 64.2 Å². The summed E-state index contributed by atoms with van der Waals surface area (Å²) in [6, 6.07) is 10.9. The lowest BCUT2D eigenvalue weighted by Gasteiger charge is -2.55. The maximum Gasteiger partial charge on any atom is 0.287 e. The molecular weight excluding hydrogens is 665 g/mol. The Bertz CT molecular complexity index is 1560. The van der Waals surface area contributed by atoms with E-state index in [1.165, 1.54) is 73.5 Å². The Hall–Kier alpha value is -2.12. The summed E-state index contributed by atoms with van der Waals surface area (Å²) in [4.78, 5) is 10.9. The molecule has 1 fully saturated rings. The molecule has 1 heterocycles. The molecule has 1 saturated heterocycles. The minimum absolute atomic E-state index is 0.0677. The first kappa shape index (κ1) is 40.3. The number of benzene rings is 2. The van der Waals surface area contributed by atoms with Crippen molar-refractivity contribution in [1.29, 1.82) is 0 Å². The standard InChI is InChI=1S/C36H58N2O7S2Si/c1-8-9-10-11-12-13-14-15-16-17-18-19-23-32-34(46(41,42)33-24-21-20-22-31(33)38(39)40)35(45-48(6,7)36(3,4)5)37(32)47(43,44)30-27-25-29(2)26-28-30/h20-22,24-28,32,34-35H,8-19,23H2,1-7H3/t32-,34-,35+/m1/s1. The molecule has 9 nitrogen and oxygen atoms in total. The minimum Gasteiger partial charge on any atom is -0.399 e. The van der Waals surface area contributed by atoms with E-state index in [0.29, 0.717) is 12.8 Å². The smallest absolute Gasteiger partial charge is 0.287 e. The number of rotatable bonds is 20. The van der Waals surface area contributed by atoms with E-state index in [1.807, 2.05) is 40.8 Å².